The van der Waals surface area contributed by atoms with Gasteiger partial charge in [0.1, 0.15) is 5.75 Å². The van der Waals surface area contributed by atoms with E-state index in [4.69, 9.17) is 4.74 Å². The van der Waals surface area contributed by atoms with E-state index in [1.807, 2.05) is 63.2 Å². The number of hydrogen-bond acceptors (Lipinski definition) is 4. The number of carbonyl (C=O) groups is 2. The van der Waals surface area contributed by atoms with Gasteiger partial charge in [0, 0.05) is 30.7 Å². The first-order valence-electron chi connectivity index (χ1n) is 10.2. The number of methoxy groups -OCH3 is 1. The first-order chi connectivity index (χ1) is 14.3. The van der Waals surface area contributed by atoms with Gasteiger partial charge in [-0.3, -0.25) is 9.78 Å². The van der Waals surface area contributed by atoms with E-state index in [1.165, 1.54) is 0 Å². The SMILES string of the molecule is COc1cccc(C2CN(C(=O)NC(C)(C)C)CC2C(=O)NCc2ccccn2)c1. The summed E-state index contributed by atoms with van der Waals surface area (Å²) in [5.41, 5.74) is 1.43. The lowest BCUT2D eigenvalue weighted by atomic mass is 9.88. The summed E-state index contributed by atoms with van der Waals surface area (Å²) < 4.78 is 5.35. The molecule has 160 valence electrons. The number of carbonyl (C=O) groups excluding carboxylic acids is 2. The first-order valence-corrected chi connectivity index (χ1v) is 10.2. The van der Waals surface area contributed by atoms with Crippen molar-refractivity contribution in [3.63, 3.8) is 0 Å². The maximum absolute atomic E-state index is 13.1. The number of hydrogen-bond donors (Lipinski definition) is 2. The Labute approximate surface area is 177 Å². The van der Waals surface area contributed by atoms with Gasteiger partial charge in [-0.2, -0.15) is 0 Å². The van der Waals surface area contributed by atoms with Gasteiger partial charge in [-0.25, -0.2) is 4.79 Å². The third kappa shape index (κ3) is 5.49. The molecule has 30 heavy (non-hydrogen) atoms. The number of urea groups is 1. The van der Waals surface area contributed by atoms with E-state index in [9.17, 15) is 9.59 Å². The number of aromatic nitrogens is 1. The molecule has 1 saturated heterocycles. The van der Waals surface area contributed by atoms with Crippen LogP contribution in [0.2, 0.25) is 0 Å². The summed E-state index contributed by atoms with van der Waals surface area (Å²) in [5, 5.41) is 5.98. The smallest absolute Gasteiger partial charge is 0.317 e. The van der Waals surface area contributed by atoms with Crippen LogP contribution >= 0.6 is 0 Å². The fraction of sp³-hybridized carbons (Fsp3) is 0.435. The molecule has 1 aromatic carbocycles. The minimum absolute atomic E-state index is 0.0838. The molecule has 3 amide bonds. The van der Waals surface area contributed by atoms with E-state index in [0.717, 1.165) is 17.0 Å². The number of ether oxygens (including phenoxy) is 1. The predicted octanol–water partition coefficient (Wildman–Crippen LogP) is 2.93. The highest BCUT2D eigenvalue weighted by molar-refractivity contribution is 5.83. The molecule has 7 nitrogen and oxygen atoms in total. The Morgan fingerprint density at radius 1 is 1.17 bits per heavy atom. The molecule has 2 atom stereocenters. The van der Waals surface area contributed by atoms with Crippen LogP contribution in [-0.4, -0.2) is 47.6 Å². The second kappa shape index (κ2) is 9.15. The van der Waals surface area contributed by atoms with E-state index >= 15 is 0 Å². The number of nitrogens with zero attached hydrogens (tertiary/aromatic N) is 2. The molecule has 0 spiro atoms. The topological polar surface area (TPSA) is 83.6 Å². The molecule has 1 fully saturated rings. The van der Waals surface area contributed by atoms with Gasteiger partial charge in [0.15, 0.2) is 0 Å². The van der Waals surface area contributed by atoms with Crippen LogP contribution in [0.5, 0.6) is 5.75 Å². The third-order valence-corrected chi connectivity index (χ3v) is 5.12. The Morgan fingerprint density at radius 3 is 2.63 bits per heavy atom. The predicted molar refractivity (Wildman–Crippen MR) is 115 cm³/mol. The highest BCUT2D eigenvalue weighted by Gasteiger charge is 2.41. The van der Waals surface area contributed by atoms with Gasteiger partial charge in [-0.1, -0.05) is 18.2 Å². The van der Waals surface area contributed by atoms with Crippen LogP contribution in [0.15, 0.2) is 48.7 Å². The van der Waals surface area contributed by atoms with Gasteiger partial charge in [-0.05, 0) is 50.6 Å². The Bertz CT molecular complexity index is 880. The zero-order chi connectivity index (χ0) is 21.7. The lowest BCUT2D eigenvalue weighted by Gasteiger charge is -2.25. The van der Waals surface area contributed by atoms with E-state index in [-0.39, 0.29) is 29.3 Å². The number of rotatable bonds is 5. The molecule has 7 heteroatoms. The average molecular weight is 411 g/mol. The Kier molecular flexibility index (Phi) is 6.59. The average Bonchev–Trinajstić information content (AvgIpc) is 3.17. The van der Waals surface area contributed by atoms with Crippen LogP contribution in [0.4, 0.5) is 4.79 Å². The summed E-state index contributed by atoms with van der Waals surface area (Å²) >= 11 is 0. The quantitative estimate of drug-likeness (QED) is 0.794. The van der Waals surface area contributed by atoms with Crippen molar-refractivity contribution in [2.24, 2.45) is 5.92 Å². The number of nitrogens with one attached hydrogen (secondary N) is 2. The molecule has 0 saturated carbocycles. The third-order valence-electron chi connectivity index (χ3n) is 5.12. The fourth-order valence-corrected chi connectivity index (χ4v) is 3.66. The van der Waals surface area contributed by atoms with Crippen molar-refractivity contribution in [2.45, 2.75) is 38.8 Å². The van der Waals surface area contributed by atoms with Crippen molar-refractivity contribution >= 4 is 11.9 Å². The number of pyridine rings is 1. The Balaban J connectivity index is 1.78. The summed E-state index contributed by atoms with van der Waals surface area (Å²) in [6.07, 6.45) is 1.70. The van der Waals surface area contributed by atoms with Gasteiger partial charge >= 0.3 is 6.03 Å². The summed E-state index contributed by atoms with van der Waals surface area (Å²) in [6, 6.07) is 13.2. The van der Waals surface area contributed by atoms with Gasteiger partial charge < -0.3 is 20.3 Å². The summed E-state index contributed by atoms with van der Waals surface area (Å²) in [7, 11) is 1.62. The molecule has 2 aromatic rings. The number of benzene rings is 1. The zero-order valence-electron chi connectivity index (χ0n) is 18.0. The molecule has 2 N–H and O–H groups in total. The molecule has 0 bridgehead atoms. The first kappa shape index (κ1) is 21.6. The van der Waals surface area contributed by atoms with Crippen molar-refractivity contribution in [3.8, 4) is 5.75 Å². The standard InChI is InChI=1S/C23H30N4O3/c1-23(2,3)26-22(29)27-14-19(16-8-7-10-18(12-16)30-4)20(15-27)21(28)25-13-17-9-5-6-11-24-17/h5-12,19-20H,13-15H2,1-4H3,(H,25,28)(H,26,29). The Morgan fingerprint density at radius 2 is 1.97 bits per heavy atom. The minimum atomic E-state index is -0.355. The maximum atomic E-state index is 13.1. The Hall–Kier alpha value is -3.09. The molecular formula is C23H30N4O3. The zero-order valence-corrected chi connectivity index (χ0v) is 18.0. The molecule has 0 aliphatic carbocycles. The summed E-state index contributed by atoms with van der Waals surface area (Å²) in [5.74, 6) is 0.179. The largest absolute Gasteiger partial charge is 0.497 e. The van der Waals surface area contributed by atoms with Gasteiger partial charge in [0.2, 0.25) is 5.91 Å². The van der Waals surface area contributed by atoms with Crippen LogP contribution in [-0.2, 0) is 11.3 Å². The van der Waals surface area contributed by atoms with Crippen molar-refractivity contribution < 1.29 is 14.3 Å². The van der Waals surface area contributed by atoms with Gasteiger partial charge in [0.25, 0.3) is 0 Å². The van der Waals surface area contributed by atoms with Crippen LogP contribution in [0.1, 0.15) is 37.9 Å². The van der Waals surface area contributed by atoms with Gasteiger partial charge in [-0.15, -0.1) is 0 Å². The van der Waals surface area contributed by atoms with E-state index in [0.29, 0.717) is 19.6 Å². The lowest BCUT2D eigenvalue weighted by molar-refractivity contribution is -0.125. The molecule has 0 radical (unpaired) electrons. The molecule has 1 aromatic heterocycles. The van der Waals surface area contributed by atoms with Crippen LogP contribution in [0.3, 0.4) is 0 Å². The lowest BCUT2D eigenvalue weighted by Crippen LogP contribution is -2.48. The molecule has 2 unspecified atom stereocenters. The second-order valence-electron chi connectivity index (χ2n) is 8.61. The normalized spacial score (nSPS) is 18.7. The maximum Gasteiger partial charge on any atom is 0.317 e. The van der Waals surface area contributed by atoms with Crippen LogP contribution < -0.4 is 15.4 Å². The van der Waals surface area contributed by atoms with Crippen molar-refractivity contribution in [2.75, 3.05) is 20.2 Å². The van der Waals surface area contributed by atoms with Crippen molar-refractivity contribution in [3.05, 3.63) is 59.9 Å². The van der Waals surface area contributed by atoms with Crippen molar-refractivity contribution in [1.29, 1.82) is 0 Å². The number of amides is 3. The minimum Gasteiger partial charge on any atom is -0.497 e. The number of likely N-dealkylation sites (tertiary alicyclic amines) is 1. The van der Waals surface area contributed by atoms with Gasteiger partial charge in [0.05, 0.1) is 25.3 Å². The highest BCUT2D eigenvalue weighted by Crippen LogP contribution is 2.34. The molecule has 2 heterocycles. The van der Waals surface area contributed by atoms with E-state index in [1.54, 1.807) is 18.2 Å². The monoisotopic (exact) mass is 410 g/mol. The van der Waals surface area contributed by atoms with Crippen molar-refractivity contribution in [1.82, 2.24) is 20.5 Å². The summed E-state index contributed by atoms with van der Waals surface area (Å²) in [6.45, 7) is 7.01. The molecule has 1 aliphatic rings. The molecular weight excluding hydrogens is 380 g/mol. The summed E-state index contributed by atoms with van der Waals surface area (Å²) in [4.78, 5) is 31.8. The molecule has 3 rings (SSSR count). The van der Waals surface area contributed by atoms with Crippen LogP contribution in [0.25, 0.3) is 0 Å². The van der Waals surface area contributed by atoms with E-state index < -0.39 is 0 Å². The highest BCUT2D eigenvalue weighted by atomic mass is 16.5. The molecule has 1 aliphatic heterocycles. The fourth-order valence-electron chi connectivity index (χ4n) is 3.66. The van der Waals surface area contributed by atoms with E-state index in [2.05, 4.69) is 15.6 Å². The van der Waals surface area contributed by atoms with Crippen LogP contribution in [0, 0.1) is 5.92 Å². The second-order valence-corrected chi connectivity index (χ2v) is 8.61.